The van der Waals surface area contributed by atoms with E-state index < -0.39 is 10.0 Å². The maximum absolute atomic E-state index is 13.2. The smallest absolute Gasteiger partial charge is 0.317 e. The molecule has 2 aromatic rings. The van der Waals surface area contributed by atoms with Crippen molar-refractivity contribution in [2.75, 3.05) is 30.6 Å². The van der Waals surface area contributed by atoms with E-state index in [9.17, 15) is 18.0 Å². The number of benzene rings is 2. The molecule has 40 heavy (non-hydrogen) atoms. The standard InChI is InChI=1S/C30H42N4O5S/c1-3-4-19-34(30(36)31-24-7-11-27(35)12-8-24)26-17-20-33(21-18-26)22-23-5-13-28(14-6-23)39-29-15-9-25(10-16-29)32-40(2,37)38/h5-6,9-10,13-16,24,26,32H,3-4,7-8,11-12,17-22H2,1-2H3,(H,31,36). The van der Waals surface area contributed by atoms with E-state index in [1.165, 1.54) is 5.56 Å². The van der Waals surface area contributed by atoms with Crippen molar-refractivity contribution < 1.29 is 22.7 Å². The number of urea groups is 1. The lowest BCUT2D eigenvalue weighted by Gasteiger charge is -2.39. The first kappa shape index (κ1) is 29.9. The topological polar surface area (TPSA) is 108 Å². The van der Waals surface area contributed by atoms with Gasteiger partial charge in [0.1, 0.15) is 17.3 Å². The Bertz CT molecular complexity index is 1220. The van der Waals surface area contributed by atoms with Crippen molar-refractivity contribution in [3.8, 4) is 11.5 Å². The minimum Gasteiger partial charge on any atom is -0.457 e. The maximum atomic E-state index is 13.2. The van der Waals surface area contributed by atoms with Gasteiger partial charge in [-0.05, 0) is 74.1 Å². The van der Waals surface area contributed by atoms with Crippen LogP contribution in [0.25, 0.3) is 0 Å². The number of carbonyl (C=O) groups excluding carboxylic acids is 2. The maximum Gasteiger partial charge on any atom is 0.317 e. The lowest BCUT2D eigenvalue weighted by molar-refractivity contribution is -0.120. The lowest BCUT2D eigenvalue weighted by Crippen LogP contribution is -2.53. The number of nitrogens with zero attached hydrogens (tertiary/aromatic N) is 2. The van der Waals surface area contributed by atoms with Gasteiger partial charge in [0.15, 0.2) is 0 Å². The fourth-order valence-electron chi connectivity index (χ4n) is 5.37. The summed E-state index contributed by atoms with van der Waals surface area (Å²) in [5.41, 5.74) is 1.69. The number of hydrogen-bond donors (Lipinski definition) is 2. The molecule has 2 N–H and O–H groups in total. The number of ether oxygens (including phenoxy) is 1. The number of carbonyl (C=O) groups is 2. The van der Waals surface area contributed by atoms with Crippen LogP contribution in [0.3, 0.4) is 0 Å². The molecule has 1 saturated heterocycles. The van der Waals surface area contributed by atoms with Crippen molar-refractivity contribution >= 4 is 27.5 Å². The summed E-state index contributed by atoms with van der Waals surface area (Å²) in [5, 5.41) is 3.21. The number of hydrogen-bond acceptors (Lipinski definition) is 6. The highest BCUT2D eigenvalue weighted by Crippen LogP contribution is 2.25. The van der Waals surface area contributed by atoms with Crippen LogP contribution in [0.5, 0.6) is 11.5 Å². The summed E-state index contributed by atoms with van der Waals surface area (Å²) in [5.74, 6) is 1.65. The molecule has 0 bridgehead atoms. The molecule has 0 atom stereocenters. The average molecular weight is 571 g/mol. The summed E-state index contributed by atoms with van der Waals surface area (Å²) < 4.78 is 31.1. The molecular weight excluding hydrogens is 528 g/mol. The molecule has 2 amide bonds. The van der Waals surface area contributed by atoms with Gasteiger partial charge in [0.25, 0.3) is 0 Å². The van der Waals surface area contributed by atoms with Gasteiger partial charge in [-0.25, -0.2) is 13.2 Å². The molecule has 10 heteroatoms. The van der Waals surface area contributed by atoms with Crippen molar-refractivity contribution in [3.63, 3.8) is 0 Å². The van der Waals surface area contributed by atoms with E-state index in [0.29, 0.717) is 35.8 Å². The molecule has 0 aromatic heterocycles. The van der Waals surface area contributed by atoms with Gasteiger partial charge in [0.2, 0.25) is 10.0 Å². The number of Topliss-reactive ketones (excluding diaryl/α,β-unsaturated/α-hetero) is 1. The first-order chi connectivity index (χ1) is 19.2. The van der Waals surface area contributed by atoms with E-state index in [1.54, 1.807) is 24.3 Å². The van der Waals surface area contributed by atoms with Gasteiger partial charge in [-0.2, -0.15) is 0 Å². The van der Waals surface area contributed by atoms with Crippen LogP contribution in [-0.4, -0.2) is 68.0 Å². The minimum absolute atomic E-state index is 0.0307. The molecule has 4 rings (SSSR count). The Kier molecular flexibility index (Phi) is 10.4. The highest BCUT2D eigenvalue weighted by molar-refractivity contribution is 7.92. The third-order valence-electron chi connectivity index (χ3n) is 7.60. The Balaban J connectivity index is 1.25. The van der Waals surface area contributed by atoms with Gasteiger partial charge in [-0.3, -0.25) is 14.4 Å². The minimum atomic E-state index is -3.31. The largest absolute Gasteiger partial charge is 0.457 e. The number of nitrogens with one attached hydrogen (secondary N) is 2. The number of piperidine rings is 1. The number of likely N-dealkylation sites (tertiary alicyclic amines) is 1. The molecule has 1 aliphatic heterocycles. The average Bonchev–Trinajstić information content (AvgIpc) is 2.92. The third kappa shape index (κ3) is 9.23. The van der Waals surface area contributed by atoms with Crippen molar-refractivity contribution in [2.24, 2.45) is 0 Å². The Morgan fingerprint density at radius 2 is 1.57 bits per heavy atom. The number of ketones is 1. The van der Waals surface area contributed by atoms with Crippen LogP contribution in [0.1, 0.15) is 63.9 Å². The molecule has 0 radical (unpaired) electrons. The summed E-state index contributed by atoms with van der Waals surface area (Å²) in [6.45, 7) is 5.64. The predicted molar refractivity (Wildman–Crippen MR) is 157 cm³/mol. The van der Waals surface area contributed by atoms with Crippen molar-refractivity contribution in [1.82, 2.24) is 15.1 Å². The summed E-state index contributed by atoms with van der Waals surface area (Å²) in [6.07, 6.45) is 7.71. The van der Waals surface area contributed by atoms with Crippen LogP contribution in [-0.2, 0) is 21.4 Å². The Morgan fingerprint density at radius 1 is 0.975 bits per heavy atom. The van der Waals surface area contributed by atoms with E-state index >= 15 is 0 Å². The summed E-state index contributed by atoms with van der Waals surface area (Å²) in [4.78, 5) is 29.2. The van der Waals surface area contributed by atoms with Gasteiger partial charge < -0.3 is 15.0 Å². The van der Waals surface area contributed by atoms with E-state index in [1.807, 2.05) is 17.0 Å². The van der Waals surface area contributed by atoms with Crippen LogP contribution in [0, 0.1) is 0 Å². The molecule has 2 aliphatic rings. The Hall–Kier alpha value is -3.11. The number of rotatable bonds is 11. The zero-order valence-electron chi connectivity index (χ0n) is 23.6. The molecule has 0 spiro atoms. The SMILES string of the molecule is CCCCN(C(=O)NC1CCC(=O)CC1)C1CCN(Cc2ccc(Oc3ccc(NS(C)(=O)=O)cc3)cc2)CC1. The van der Waals surface area contributed by atoms with Crippen molar-refractivity contribution in [1.29, 1.82) is 0 Å². The lowest BCUT2D eigenvalue weighted by atomic mass is 9.94. The fraction of sp³-hybridized carbons (Fsp3) is 0.533. The summed E-state index contributed by atoms with van der Waals surface area (Å²) >= 11 is 0. The number of amides is 2. The second kappa shape index (κ2) is 14.0. The molecule has 2 fully saturated rings. The number of unbranched alkanes of at least 4 members (excludes halogenated alkanes) is 1. The van der Waals surface area contributed by atoms with E-state index in [-0.39, 0.29) is 18.1 Å². The van der Waals surface area contributed by atoms with Gasteiger partial charge in [0.05, 0.1) is 6.26 Å². The van der Waals surface area contributed by atoms with Gasteiger partial charge in [-0.15, -0.1) is 0 Å². The van der Waals surface area contributed by atoms with Crippen molar-refractivity contribution in [2.45, 2.75) is 76.9 Å². The zero-order valence-corrected chi connectivity index (χ0v) is 24.4. The van der Waals surface area contributed by atoms with Crippen LogP contribution < -0.4 is 14.8 Å². The summed E-state index contributed by atoms with van der Waals surface area (Å²) in [7, 11) is -3.31. The number of anilines is 1. The van der Waals surface area contributed by atoms with Crippen LogP contribution in [0.15, 0.2) is 48.5 Å². The fourth-order valence-corrected chi connectivity index (χ4v) is 5.94. The number of sulfonamides is 1. The van der Waals surface area contributed by atoms with Crippen LogP contribution in [0.2, 0.25) is 0 Å². The van der Waals surface area contributed by atoms with Crippen LogP contribution >= 0.6 is 0 Å². The molecule has 2 aromatic carbocycles. The molecular formula is C30H42N4O5S. The van der Waals surface area contributed by atoms with Gasteiger partial charge in [0, 0.05) is 56.8 Å². The second-order valence-electron chi connectivity index (χ2n) is 11.0. The Labute approximate surface area is 238 Å². The second-order valence-corrected chi connectivity index (χ2v) is 12.7. The monoisotopic (exact) mass is 570 g/mol. The molecule has 0 unspecified atom stereocenters. The van der Waals surface area contributed by atoms with Gasteiger partial charge in [-0.1, -0.05) is 25.5 Å². The highest BCUT2D eigenvalue weighted by atomic mass is 32.2. The van der Waals surface area contributed by atoms with E-state index in [0.717, 1.165) is 71.0 Å². The predicted octanol–water partition coefficient (Wildman–Crippen LogP) is 5.14. The molecule has 9 nitrogen and oxygen atoms in total. The third-order valence-corrected chi connectivity index (χ3v) is 8.21. The first-order valence-electron chi connectivity index (χ1n) is 14.3. The zero-order chi connectivity index (χ0) is 28.5. The quantitative estimate of drug-likeness (QED) is 0.387. The first-order valence-corrected chi connectivity index (χ1v) is 16.2. The van der Waals surface area contributed by atoms with Crippen molar-refractivity contribution in [3.05, 3.63) is 54.1 Å². The Morgan fingerprint density at radius 3 is 2.15 bits per heavy atom. The molecule has 1 aliphatic carbocycles. The van der Waals surface area contributed by atoms with Crippen LogP contribution in [0.4, 0.5) is 10.5 Å². The molecule has 218 valence electrons. The van der Waals surface area contributed by atoms with E-state index in [4.69, 9.17) is 4.74 Å². The summed E-state index contributed by atoms with van der Waals surface area (Å²) in [6, 6.07) is 15.2. The molecule has 1 saturated carbocycles. The molecule has 1 heterocycles. The normalized spacial score (nSPS) is 17.4. The van der Waals surface area contributed by atoms with Gasteiger partial charge >= 0.3 is 6.03 Å². The van der Waals surface area contributed by atoms with E-state index in [2.05, 4.69) is 34.0 Å². The highest BCUT2D eigenvalue weighted by Gasteiger charge is 2.29.